The van der Waals surface area contributed by atoms with E-state index in [1.54, 1.807) is 21.9 Å². The second kappa shape index (κ2) is 9.89. The molecule has 1 aromatic carbocycles. The van der Waals surface area contributed by atoms with Crippen LogP contribution in [0.3, 0.4) is 0 Å². The summed E-state index contributed by atoms with van der Waals surface area (Å²) in [7, 11) is -0.908. The van der Waals surface area contributed by atoms with Crippen LogP contribution in [0.1, 0.15) is 33.6 Å². The Morgan fingerprint density at radius 2 is 1.64 bits per heavy atom. The first-order valence-electron chi connectivity index (χ1n) is 11.3. The van der Waals surface area contributed by atoms with Gasteiger partial charge in [0.2, 0.25) is 21.8 Å². The average molecular weight is 482 g/mol. The van der Waals surface area contributed by atoms with Crippen LogP contribution < -0.4 is 9.47 Å². The first-order chi connectivity index (χ1) is 15.5. The van der Waals surface area contributed by atoms with Gasteiger partial charge in [0, 0.05) is 50.7 Å². The summed E-state index contributed by atoms with van der Waals surface area (Å²) in [6, 6.07) is 4.67. The van der Waals surface area contributed by atoms with Crippen LogP contribution in [-0.2, 0) is 19.6 Å². The average Bonchev–Trinajstić information content (AvgIpc) is 2.82. The summed E-state index contributed by atoms with van der Waals surface area (Å²) < 4.78 is 38.4. The topological polar surface area (TPSA) is 96.5 Å². The molecule has 3 rings (SSSR count). The van der Waals surface area contributed by atoms with E-state index in [1.165, 1.54) is 24.6 Å². The van der Waals surface area contributed by atoms with Crippen molar-refractivity contribution in [3.05, 3.63) is 18.2 Å². The zero-order valence-corrected chi connectivity index (χ0v) is 21.0. The van der Waals surface area contributed by atoms with E-state index in [0.29, 0.717) is 31.9 Å². The molecule has 0 aliphatic carbocycles. The van der Waals surface area contributed by atoms with Gasteiger partial charge in [-0.05, 0) is 25.0 Å². The molecule has 2 heterocycles. The van der Waals surface area contributed by atoms with E-state index in [1.807, 2.05) is 20.8 Å². The van der Waals surface area contributed by atoms with E-state index in [9.17, 15) is 18.0 Å². The van der Waals surface area contributed by atoms with Gasteiger partial charge >= 0.3 is 0 Å². The molecule has 2 fully saturated rings. The van der Waals surface area contributed by atoms with Crippen LogP contribution in [0.15, 0.2) is 23.1 Å². The van der Waals surface area contributed by atoms with Gasteiger partial charge < -0.3 is 19.3 Å². The van der Waals surface area contributed by atoms with Crippen molar-refractivity contribution in [2.24, 2.45) is 11.3 Å². The van der Waals surface area contributed by atoms with Gasteiger partial charge in [0.1, 0.15) is 16.4 Å². The molecule has 0 aromatic heterocycles. The molecule has 9 nitrogen and oxygen atoms in total. The zero-order chi connectivity index (χ0) is 24.4. The van der Waals surface area contributed by atoms with Crippen molar-refractivity contribution in [2.45, 2.75) is 38.5 Å². The number of benzene rings is 1. The third kappa shape index (κ3) is 5.43. The molecule has 0 spiro atoms. The van der Waals surface area contributed by atoms with E-state index in [-0.39, 0.29) is 41.5 Å². The monoisotopic (exact) mass is 481 g/mol. The summed E-state index contributed by atoms with van der Waals surface area (Å²) in [5.41, 5.74) is -0.480. The summed E-state index contributed by atoms with van der Waals surface area (Å²) in [6.45, 7) is 7.79. The second-order valence-electron chi connectivity index (χ2n) is 9.59. The van der Waals surface area contributed by atoms with Gasteiger partial charge in [0.05, 0.1) is 20.1 Å². The maximum Gasteiger partial charge on any atom is 0.247 e. The maximum atomic E-state index is 13.3. The number of carbonyl (C=O) groups is 2. The van der Waals surface area contributed by atoms with Gasteiger partial charge in [0.15, 0.2) is 0 Å². The van der Waals surface area contributed by atoms with Crippen LogP contribution in [-0.4, -0.2) is 87.8 Å². The number of likely N-dealkylation sites (tertiary alicyclic amines) is 1. The highest BCUT2D eigenvalue weighted by atomic mass is 32.2. The highest BCUT2D eigenvalue weighted by molar-refractivity contribution is 7.89. The Labute approximate surface area is 196 Å². The molecule has 2 aliphatic heterocycles. The fraction of sp³-hybridized carbons (Fsp3) is 0.652. The lowest BCUT2D eigenvalue weighted by Gasteiger charge is -2.40. The van der Waals surface area contributed by atoms with Crippen molar-refractivity contribution in [3.8, 4) is 11.5 Å². The third-order valence-corrected chi connectivity index (χ3v) is 8.16. The van der Waals surface area contributed by atoms with E-state index in [2.05, 4.69) is 0 Å². The van der Waals surface area contributed by atoms with Gasteiger partial charge in [-0.1, -0.05) is 20.8 Å². The lowest BCUT2D eigenvalue weighted by atomic mass is 9.90. The van der Waals surface area contributed by atoms with Gasteiger partial charge in [-0.3, -0.25) is 9.59 Å². The molecule has 0 radical (unpaired) electrons. The number of hydrogen-bond donors (Lipinski definition) is 0. The van der Waals surface area contributed by atoms with Crippen molar-refractivity contribution in [3.63, 3.8) is 0 Å². The number of sulfonamides is 1. The molecule has 33 heavy (non-hydrogen) atoms. The number of ether oxygens (including phenoxy) is 2. The SMILES string of the molecule is COc1ccc(OC)c(S(=O)(=O)N2CCN(C(=O)C3CCCN(C(=O)C(C)(C)C)C3)CC2)c1. The van der Waals surface area contributed by atoms with Crippen molar-refractivity contribution in [2.75, 3.05) is 53.5 Å². The van der Waals surface area contributed by atoms with Gasteiger partial charge in [-0.25, -0.2) is 8.42 Å². The number of hydrogen-bond acceptors (Lipinski definition) is 6. The first kappa shape index (κ1) is 25.3. The minimum atomic E-state index is -3.81. The minimum Gasteiger partial charge on any atom is -0.497 e. The number of rotatable bonds is 5. The van der Waals surface area contributed by atoms with E-state index in [0.717, 1.165) is 12.8 Å². The van der Waals surface area contributed by atoms with E-state index in [4.69, 9.17) is 9.47 Å². The standard InChI is InChI=1S/C23H35N3O6S/c1-23(2,3)22(28)25-10-6-7-17(16-25)21(27)24-11-13-26(14-12-24)33(29,30)20-15-18(31-4)8-9-19(20)32-5/h8-9,15,17H,6-7,10-14,16H2,1-5H3. The Balaban J connectivity index is 1.66. The van der Waals surface area contributed by atoms with Crippen molar-refractivity contribution < 1.29 is 27.5 Å². The molecule has 184 valence electrons. The molecule has 10 heteroatoms. The lowest BCUT2D eigenvalue weighted by molar-refractivity contribution is -0.145. The normalized spacial score (nSPS) is 20.5. The predicted octanol–water partition coefficient (Wildman–Crippen LogP) is 1.82. The van der Waals surface area contributed by atoms with E-state index >= 15 is 0 Å². The van der Waals surface area contributed by atoms with Crippen LogP contribution >= 0.6 is 0 Å². The van der Waals surface area contributed by atoms with Crippen LogP contribution in [0.5, 0.6) is 11.5 Å². The largest absolute Gasteiger partial charge is 0.497 e. The van der Waals surface area contributed by atoms with Crippen LogP contribution in [0, 0.1) is 11.3 Å². The summed E-state index contributed by atoms with van der Waals surface area (Å²) in [4.78, 5) is 29.4. The predicted molar refractivity (Wildman–Crippen MR) is 124 cm³/mol. The molecule has 1 aromatic rings. The van der Waals surface area contributed by atoms with Crippen LogP contribution in [0.25, 0.3) is 0 Å². The Hall–Kier alpha value is -2.33. The number of nitrogens with zero attached hydrogens (tertiary/aromatic N) is 3. The van der Waals surface area contributed by atoms with Gasteiger partial charge in [-0.15, -0.1) is 0 Å². The summed E-state index contributed by atoms with van der Waals surface area (Å²) in [5.74, 6) is 0.488. The Morgan fingerprint density at radius 1 is 0.970 bits per heavy atom. The highest BCUT2D eigenvalue weighted by Crippen LogP contribution is 2.31. The molecule has 2 aliphatic rings. The molecule has 2 amide bonds. The lowest BCUT2D eigenvalue weighted by Crippen LogP contribution is -2.54. The number of piperidine rings is 1. The van der Waals surface area contributed by atoms with Crippen molar-refractivity contribution in [1.29, 1.82) is 0 Å². The number of piperazine rings is 1. The molecular formula is C23H35N3O6S. The summed E-state index contributed by atoms with van der Waals surface area (Å²) >= 11 is 0. The van der Waals surface area contributed by atoms with Crippen LogP contribution in [0.4, 0.5) is 0 Å². The van der Waals surface area contributed by atoms with Crippen molar-refractivity contribution in [1.82, 2.24) is 14.1 Å². The summed E-state index contributed by atoms with van der Waals surface area (Å²) in [5, 5.41) is 0. The fourth-order valence-corrected chi connectivity index (χ4v) is 5.96. The minimum absolute atomic E-state index is 0.00239. The van der Waals surface area contributed by atoms with Crippen molar-refractivity contribution >= 4 is 21.8 Å². The molecule has 1 unspecified atom stereocenters. The van der Waals surface area contributed by atoms with Gasteiger partial charge in [-0.2, -0.15) is 4.31 Å². The highest BCUT2D eigenvalue weighted by Gasteiger charge is 2.37. The molecule has 0 bridgehead atoms. The third-order valence-electron chi connectivity index (χ3n) is 6.24. The molecule has 2 saturated heterocycles. The Morgan fingerprint density at radius 3 is 2.21 bits per heavy atom. The Kier molecular flexibility index (Phi) is 7.58. The maximum absolute atomic E-state index is 13.3. The molecule has 0 N–H and O–H groups in total. The number of carbonyl (C=O) groups excluding carboxylic acids is 2. The number of methoxy groups -OCH3 is 2. The smallest absolute Gasteiger partial charge is 0.247 e. The molecule has 0 saturated carbocycles. The van der Waals surface area contributed by atoms with E-state index < -0.39 is 15.4 Å². The Bertz CT molecular complexity index is 980. The fourth-order valence-electron chi connectivity index (χ4n) is 4.37. The first-order valence-corrected chi connectivity index (χ1v) is 12.7. The van der Waals surface area contributed by atoms with Crippen LogP contribution in [0.2, 0.25) is 0 Å². The number of amides is 2. The summed E-state index contributed by atoms with van der Waals surface area (Å²) in [6.07, 6.45) is 1.54. The zero-order valence-electron chi connectivity index (χ0n) is 20.2. The molecular weight excluding hydrogens is 446 g/mol. The molecule has 1 atom stereocenters. The quantitative estimate of drug-likeness (QED) is 0.637. The second-order valence-corrected chi connectivity index (χ2v) is 11.5. The van der Waals surface area contributed by atoms with Gasteiger partial charge in [0.25, 0.3) is 0 Å².